The highest BCUT2D eigenvalue weighted by Gasteiger charge is 2.29. The average Bonchev–Trinajstić information content (AvgIpc) is 3.01. The molecular weight excluding hydrogens is 288 g/mol. The van der Waals surface area contributed by atoms with E-state index >= 15 is 0 Å². The summed E-state index contributed by atoms with van der Waals surface area (Å²) >= 11 is 6.12. The van der Waals surface area contributed by atoms with Crippen LogP contribution in [0.2, 0.25) is 0 Å². The van der Waals surface area contributed by atoms with Gasteiger partial charge < -0.3 is 14.0 Å². The topological polar surface area (TPSA) is 36.3 Å². The van der Waals surface area contributed by atoms with Gasteiger partial charge >= 0.3 is 0 Å². The van der Waals surface area contributed by atoms with Crippen molar-refractivity contribution in [3.8, 4) is 5.75 Å². The fourth-order valence-corrected chi connectivity index (χ4v) is 3.20. The Hall–Kier alpha value is -1.26. The number of ether oxygens (including phenoxy) is 2. The summed E-state index contributed by atoms with van der Waals surface area (Å²) in [7, 11) is 0. The molecule has 2 heterocycles. The molecule has 114 valence electrons. The third kappa shape index (κ3) is 2.62. The van der Waals surface area contributed by atoms with Gasteiger partial charge in [0.1, 0.15) is 17.1 Å². The molecule has 4 nitrogen and oxygen atoms in total. The van der Waals surface area contributed by atoms with Crippen LogP contribution in [-0.2, 0) is 10.6 Å². The number of imidazole rings is 1. The van der Waals surface area contributed by atoms with Crippen molar-refractivity contribution in [3.63, 3.8) is 0 Å². The molecule has 2 unspecified atom stereocenters. The number of fused-ring (bicyclic) bond motifs is 1. The molecule has 21 heavy (non-hydrogen) atoms. The Morgan fingerprint density at radius 3 is 2.90 bits per heavy atom. The number of rotatable bonds is 4. The molecule has 2 aromatic rings. The number of aromatic nitrogens is 2. The van der Waals surface area contributed by atoms with Gasteiger partial charge in [0.05, 0.1) is 29.6 Å². The van der Waals surface area contributed by atoms with Crippen molar-refractivity contribution in [2.45, 2.75) is 51.3 Å². The second-order valence-electron chi connectivity index (χ2n) is 5.75. The SMILES string of the molecule is CC(C)Oc1cccc2c1nc(CCl)n2C1CCOC1C. The molecule has 0 aliphatic carbocycles. The molecule has 0 radical (unpaired) electrons. The Balaban J connectivity index is 2.14. The summed E-state index contributed by atoms with van der Waals surface area (Å²) < 4.78 is 13.8. The van der Waals surface area contributed by atoms with Crippen LogP contribution in [0.5, 0.6) is 5.75 Å². The molecule has 1 aromatic heterocycles. The third-order valence-corrected chi connectivity index (χ3v) is 4.15. The molecule has 0 bridgehead atoms. The van der Waals surface area contributed by atoms with Crippen LogP contribution < -0.4 is 4.74 Å². The van der Waals surface area contributed by atoms with Crippen LogP contribution in [0.4, 0.5) is 0 Å². The molecule has 0 spiro atoms. The monoisotopic (exact) mass is 308 g/mol. The lowest BCUT2D eigenvalue weighted by Gasteiger charge is -2.19. The van der Waals surface area contributed by atoms with Gasteiger partial charge in [-0.05, 0) is 39.3 Å². The summed E-state index contributed by atoms with van der Waals surface area (Å²) in [5.74, 6) is 2.09. The number of hydrogen-bond donors (Lipinski definition) is 0. The Morgan fingerprint density at radius 1 is 1.48 bits per heavy atom. The first-order valence-corrected chi connectivity index (χ1v) is 7.99. The largest absolute Gasteiger partial charge is 0.489 e. The van der Waals surface area contributed by atoms with Gasteiger partial charge in [-0.2, -0.15) is 0 Å². The normalized spacial score (nSPS) is 22.3. The molecule has 2 atom stereocenters. The molecule has 0 amide bonds. The maximum atomic E-state index is 6.12. The van der Waals surface area contributed by atoms with Crippen LogP contribution in [0.3, 0.4) is 0 Å². The van der Waals surface area contributed by atoms with Crippen LogP contribution >= 0.6 is 11.6 Å². The summed E-state index contributed by atoms with van der Waals surface area (Å²) in [4.78, 5) is 4.71. The molecule has 1 saturated heterocycles. The van der Waals surface area contributed by atoms with E-state index in [0.717, 1.165) is 35.6 Å². The zero-order chi connectivity index (χ0) is 15.0. The van der Waals surface area contributed by atoms with E-state index in [4.69, 9.17) is 26.1 Å². The fraction of sp³-hybridized carbons (Fsp3) is 0.562. The lowest BCUT2D eigenvalue weighted by molar-refractivity contribution is 0.108. The zero-order valence-electron chi connectivity index (χ0n) is 12.7. The van der Waals surface area contributed by atoms with Gasteiger partial charge in [-0.25, -0.2) is 4.98 Å². The summed E-state index contributed by atoms with van der Waals surface area (Å²) in [5.41, 5.74) is 1.96. The van der Waals surface area contributed by atoms with E-state index in [0.29, 0.717) is 5.88 Å². The van der Waals surface area contributed by atoms with Crippen molar-refractivity contribution in [1.29, 1.82) is 0 Å². The second-order valence-corrected chi connectivity index (χ2v) is 6.02. The number of halogens is 1. The quantitative estimate of drug-likeness (QED) is 0.803. The van der Waals surface area contributed by atoms with Gasteiger partial charge in [-0.1, -0.05) is 6.07 Å². The minimum Gasteiger partial charge on any atom is -0.489 e. The van der Waals surface area contributed by atoms with Crippen molar-refractivity contribution < 1.29 is 9.47 Å². The molecule has 1 fully saturated rings. The fourth-order valence-electron chi connectivity index (χ4n) is 3.01. The molecule has 1 aromatic carbocycles. The zero-order valence-corrected chi connectivity index (χ0v) is 13.4. The van der Waals surface area contributed by atoms with Gasteiger partial charge in [0.25, 0.3) is 0 Å². The molecule has 3 rings (SSSR count). The summed E-state index contributed by atoms with van der Waals surface area (Å²) in [6.45, 7) is 6.93. The van der Waals surface area contributed by atoms with E-state index in [9.17, 15) is 0 Å². The van der Waals surface area contributed by atoms with Gasteiger partial charge in [-0.15, -0.1) is 11.6 Å². The first-order valence-electron chi connectivity index (χ1n) is 7.46. The lowest BCUT2D eigenvalue weighted by Crippen LogP contribution is -2.18. The smallest absolute Gasteiger partial charge is 0.147 e. The van der Waals surface area contributed by atoms with E-state index < -0.39 is 0 Å². The molecular formula is C16H21ClN2O2. The Kier molecular flexibility index (Phi) is 4.09. The predicted molar refractivity (Wildman–Crippen MR) is 84.1 cm³/mol. The van der Waals surface area contributed by atoms with Crippen LogP contribution in [0, 0.1) is 0 Å². The Labute approximate surface area is 130 Å². The molecule has 1 aliphatic rings. The van der Waals surface area contributed by atoms with E-state index in [1.165, 1.54) is 0 Å². The molecule has 0 N–H and O–H groups in total. The third-order valence-electron chi connectivity index (χ3n) is 3.91. The van der Waals surface area contributed by atoms with Crippen LogP contribution in [0.25, 0.3) is 11.0 Å². The second kappa shape index (κ2) is 5.85. The highest BCUT2D eigenvalue weighted by molar-refractivity contribution is 6.16. The van der Waals surface area contributed by atoms with Crippen molar-refractivity contribution in [3.05, 3.63) is 24.0 Å². The van der Waals surface area contributed by atoms with Crippen LogP contribution in [0.1, 0.15) is 39.1 Å². The highest BCUT2D eigenvalue weighted by Crippen LogP contribution is 2.34. The van der Waals surface area contributed by atoms with Crippen LogP contribution in [-0.4, -0.2) is 28.4 Å². The van der Waals surface area contributed by atoms with E-state index in [1.807, 2.05) is 26.0 Å². The molecule has 5 heteroatoms. The van der Waals surface area contributed by atoms with Gasteiger partial charge in [0.2, 0.25) is 0 Å². The van der Waals surface area contributed by atoms with Gasteiger partial charge in [0, 0.05) is 6.61 Å². The standard InChI is InChI=1S/C16H21ClN2O2/c1-10(2)21-14-6-4-5-13-16(14)18-15(9-17)19(13)12-7-8-20-11(12)3/h4-6,10-12H,7-9H2,1-3H3. The Bertz CT molecular complexity index is 638. The minimum atomic E-state index is 0.119. The van der Waals surface area contributed by atoms with E-state index in [-0.39, 0.29) is 18.2 Å². The summed E-state index contributed by atoms with van der Waals surface area (Å²) in [6.07, 6.45) is 1.29. The number of para-hydroxylation sites is 1. The first kappa shape index (κ1) is 14.7. The highest BCUT2D eigenvalue weighted by atomic mass is 35.5. The number of nitrogens with zero attached hydrogens (tertiary/aromatic N) is 2. The molecule has 1 aliphatic heterocycles. The van der Waals surface area contributed by atoms with E-state index in [1.54, 1.807) is 0 Å². The number of benzene rings is 1. The predicted octanol–water partition coefficient (Wildman–Crippen LogP) is 3.91. The average molecular weight is 309 g/mol. The maximum Gasteiger partial charge on any atom is 0.147 e. The van der Waals surface area contributed by atoms with Crippen LogP contribution in [0.15, 0.2) is 18.2 Å². The summed E-state index contributed by atoms with van der Waals surface area (Å²) in [5, 5.41) is 0. The Morgan fingerprint density at radius 2 is 2.29 bits per heavy atom. The van der Waals surface area contributed by atoms with Crippen molar-refractivity contribution >= 4 is 22.6 Å². The first-order chi connectivity index (χ1) is 10.1. The van der Waals surface area contributed by atoms with Crippen molar-refractivity contribution in [2.24, 2.45) is 0 Å². The van der Waals surface area contributed by atoms with Gasteiger partial charge in [0.15, 0.2) is 0 Å². The molecule has 0 saturated carbocycles. The number of hydrogen-bond acceptors (Lipinski definition) is 3. The maximum absolute atomic E-state index is 6.12. The summed E-state index contributed by atoms with van der Waals surface area (Å²) in [6, 6.07) is 6.35. The van der Waals surface area contributed by atoms with E-state index in [2.05, 4.69) is 17.6 Å². The number of alkyl halides is 1. The van der Waals surface area contributed by atoms with Crippen molar-refractivity contribution in [2.75, 3.05) is 6.61 Å². The van der Waals surface area contributed by atoms with Gasteiger partial charge in [-0.3, -0.25) is 0 Å². The van der Waals surface area contributed by atoms with Crippen molar-refractivity contribution in [1.82, 2.24) is 9.55 Å². The lowest BCUT2D eigenvalue weighted by atomic mass is 10.1. The minimum absolute atomic E-state index is 0.119.